The van der Waals surface area contributed by atoms with E-state index in [1.54, 1.807) is 39.0 Å². The van der Waals surface area contributed by atoms with Crippen molar-refractivity contribution >= 4 is 11.8 Å². The Kier molecular flexibility index (Phi) is 11.6. The van der Waals surface area contributed by atoms with Gasteiger partial charge in [0, 0.05) is 38.5 Å². The molecule has 0 amide bonds. The summed E-state index contributed by atoms with van der Waals surface area (Å²) in [7, 11) is 0. The average Bonchev–Trinajstić information content (AvgIpc) is 2.96. The first kappa shape index (κ1) is 36.9. The summed E-state index contributed by atoms with van der Waals surface area (Å²) in [5.74, 6) is -4.73. The zero-order chi connectivity index (χ0) is 35.5. The fourth-order valence-corrected chi connectivity index (χ4v) is 6.46. The summed E-state index contributed by atoms with van der Waals surface area (Å²) in [5, 5.41) is 14.2. The number of carbonyl (C=O) groups is 2. The first-order valence-corrected chi connectivity index (χ1v) is 16.1. The topological polar surface area (TPSA) is 92.5 Å². The van der Waals surface area contributed by atoms with E-state index in [1.165, 1.54) is 12.1 Å². The number of hydrogen-bond acceptors (Lipinski definition) is 5. The second-order valence-electron chi connectivity index (χ2n) is 13.3. The molecule has 1 saturated heterocycles. The zero-order valence-electron chi connectivity index (χ0n) is 27.8. The van der Waals surface area contributed by atoms with Crippen LogP contribution in [-0.2, 0) is 22.2 Å². The maximum absolute atomic E-state index is 15.7. The molecule has 3 aromatic rings. The summed E-state index contributed by atoms with van der Waals surface area (Å²) in [5.41, 5.74) is 0.642. The first-order chi connectivity index (χ1) is 22.5. The highest BCUT2D eigenvalue weighted by molar-refractivity contribution is 5.82. The number of carbonyl (C=O) groups excluding carboxylic acids is 1. The Morgan fingerprint density at radius 1 is 1.04 bits per heavy atom. The van der Waals surface area contributed by atoms with Gasteiger partial charge in [-0.3, -0.25) is 19.3 Å². The predicted octanol–water partition coefficient (Wildman–Crippen LogP) is 7.38. The highest BCUT2D eigenvalue weighted by Gasteiger charge is 2.38. The van der Waals surface area contributed by atoms with Crippen molar-refractivity contribution in [1.82, 2.24) is 14.7 Å². The van der Waals surface area contributed by atoms with E-state index in [0.717, 1.165) is 10.7 Å². The van der Waals surface area contributed by atoms with Gasteiger partial charge in [0.1, 0.15) is 18.0 Å². The summed E-state index contributed by atoms with van der Waals surface area (Å²) >= 11 is 0. The molecule has 48 heavy (non-hydrogen) atoms. The van der Waals surface area contributed by atoms with Gasteiger partial charge in [0.25, 0.3) is 5.56 Å². The zero-order valence-corrected chi connectivity index (χ0v) is 27.8. The van der Waals surface area contributed by atoms with Gasteiger partial charge in [-0.2, -0.15) is 18.3 Å². The highest BCUT2D eigenvalue weighted by atomic mass is 19.4. The summed E-state index contributed by atoms with van der Waals surface area (Å²) in [6.45, 7) is 10.1. The van der Waals surface area contributed by atoms with Gasteiger partial charge in [0.2, 0.25) is 0 Å². The number of carboxylic acids is 1. The van der Waals surface area contributed by atoms with Crippen LogP contribution in [0.1, 0.15) is 85.0 Å². The minimum atomic E-state index is -5.06. The molecule has 0 spiro atoms. The quantitative estimate of drug-likeness (QED) is 0.179. The van der Waals surface area contributed by atoms with Gasteiger partial charge in [-0.25, -0.2) is 13.5 Å². The highest BCUT2D eigenvalue weighted by Crippen LogP contribution is 2.41. The standard InChI is InChI=1S/C36H42F5N3O4/c1-20(2)13-30(44-32(46)14-23(5)29(42-44)11-12-43-18-26(37)19-43)31(45)10-9-24(17-33(47)48)27-15-25(16-28(35(27)38)36(39,40)41)34-21(3)7-6-8-22(34)4/h6-8,14-16,20,24,26,30H,9-13,17-19H2,1-5H3,(H,47,48)/t24-,30-/m0/s1. The van der Waals surface area contributed by atoms with Crippen molar-refractivity contribution in [2.24, 2.45) is 5.92 Å². The fraction of sp³-hybridized carbons (Fsp3) is 0.500. The Bertz CT molecular complexity index is 1690. The SMILES string of the molecule is Cc1cc(=O)n([C@@H](CC(C)C)C(=O)CC[C@@H](CC(=O)O)c2cc(-c3c(C)cccc3C)cc(C(F)(F)F)c2F)nc1CCN1CC(F)C1. The minimum Gasteiger partial charge on any atom is -0.481 e. The molecular weight excluding hydrogens is 633 g/mol. The molecule has 1 fully saturated rings. The number of benzene rings is 2. The third-order valence-electron chi connectivity index (χ3n) is 8.96. The van der Waals surface area contributed by atoms with Gasteiger partial charge in [0.15, 0.2) is 5.78 Å². The van der Waals surface area contributed by atoms with E-state index in [2.05, 4.69) is 5.10 Å². The van der Waals surface area contributed by atoms with Crippen LogP contribution in [0.5, 0.6) is 0 Å². The Morgan fingerprint density at radius 3 is 2.25 bits per heavy atom. The number of rotatable bonds is 14. The van der Waals surface area contributed by atoms with Crippen LogP contribution >= 0.6 is 0 Å². The molecule has 0 radical (unpaired) electrons. The molecule has 2 heterocycles. The summed E-state index contributed by atoms with van der Waals surface area (Å²) in [4.78, 5) is 40.8. The Hall–Kier alpha value is -3.93. The normalized spacial score (nSPS) is 15.4. The van der Waals surface area contributed by atoms with E-state index in [9.17, 15) is 37.1 Å². The smallest absolute Gasteiger partial charge is 0.419 e. The summed E-state index contributed by atoms with van der Waals surface area (Å²) in [6, 6.07) is 7.54. The third kappa shape index (κ3) is 8.75. The molecule has 12 heteroatoms. The van der Waals surface area contributed by atoms with E-state index in [-0.39, 0.29) is 30.7 Å². The Labute approximate surface area is 276 Å². The molecule has 0 bridgehead atoms. The molecule has 7 nitrogen and oxygen atoms in total. The molecule has 260 valence electrons. The molecule has 2 atom stereocenters. The molecule has 4 rings (SSSR count). The molecule has 0 unspecified atom stereocenters. The second kappa shape index (κ2) is 15.1. The van der Waals surface area contributed by atoms with Crippen LogP contribution in [0.4, 0.5) is 22.0 Å². The number of alkyl halides is 4. The van der Waals surface area contributed by atoms with Crippen LogP contribution in [0.2, 0.25) is 0 Å². The third-order valence-corrected chi connectivity index (χ3v) is 8.96. The number of ketones is 1. The van der Waals surface area contributed by atoms with Crippen molar-refractivity contribution in [3.63, 3.8) is 0 Å². The van der Waals surface area contributed by atoms with E-state index < -0.39 is 65.0 Å². The first-order valence-electron chi connectivity index (χ1n) is 16.1. The number of hydrogen-bond donors (Lipinski definition) is 1. The maximum atomic E-state index is 15.7. The molecule has 1 aromatic heterocycles. The number of nitrogens with zero attached hydrogens (tertiary/aromatic N) is 3. The van der Waals surface area contributed by atoms with Crippen LogP contribution in [0.15, 0.2) is 41.2 Å². The Balaban J connectivity index is 1.69. The molecule has 0 saturated carbocycles. The van der Waals surface area contributed by atoms with E-state index >= 15 is 4.39 Å². The summed E-state index contributed by atoms with van der Waals surface area (Å²) < 4.78 is 72.6. The van der Waals surface area contributed by atoms with E-state index in [1.807, 2.05) is 18.7 Å². The lowest BCUT2D eigenvalue weighted by molar-refractivity contribution is -0.140. The van der Waals surface area contributed by atoms with Crippen molar-refractivity contribution < 1.29 is 36.6 Å². The molecule has 1 N–H and O–H groups in total. The van der Waals surface area contributed by atoms with Gasteiger partial charge in [-0.15, -0.1) is 0 Å². The largest absolute Gasteiger partial charge is 0.481 e. The van der Waals surface area contributed by atoms with Gasteiger partial charge >= 0.3 is 12.1 Å². The minimum absolute atomic E-state index is 0.0596. The number of likely N-dealkylation sites (tertiary alicyclic amines) is 1. The van der Waals surface area contributed by atoms with Crippen LogP contribution in [-0.4, -0.2) is 57.3 Å². The predicted molar refractivity (Wildman–Crippen MR) is 172 cm³/mol. The van der Waals surface area contributed by atoms with Crippen molar-refractivity contribution in [1.29, 1.82) is 0 Å². The number of carboxylic acid groups (broad SMARTS) is 1. The van der Waals surface area contributed by atoms with Crippen LogP contribution in [0, 0.1) is 32.5 Å². The van der Waals surface area contributed by atoms with Gasteiger partial charge in [0.05, 0.1) is 17.7 Å². The number of Topliss-reactive ketones (excluding diaryl/α,β-unsaturated/α-hetero) is 1. The van der Waals surface area contributed by atoms with Crippen molar-refractivity contribution in [2.75, 3.05) is 19.6 Å². The van der Waals surface area contributed by atoms with Crippen molar-refractivity contribution in [3.8, 4) is 11.1 Å². The number of aromatic nitrogens is 2. The molecule has 2 aromatic carbocycles. The van der Waals surface area contributed by atoms with E-state index in [4.69, 9.17) is 0 Å². The van der Waals surface area contributed by atoms with Crippen molar-refractivity contribution in [3.05, 3.63) is 86.1 Å². The summed E-state index contributed by atoms with van der Waals surface area (Å²) in [6.07, 6.45) is -6.58. The molecule has 1 aliphatic heterocycles. The lowest BCUT2D eigenvalue weighted by Crippen LogP contribution is -2.49. The van der Waals surface area contributed by atoms with Crippen LogP contribution in [0.25, 0.3) is 11.1 Å². The van der Waals surface area contributed by atoms with Crippen LogP contribution < -0.4 is 5.56 Å². The van der Waals surface area contributed by atoms with Gasteiger partial charge in [-0.1, -0.05) is 32.0 Å². The van der Waals surface area contributed by atoms with Crippen LogP contribution in [0.3, 0.4) is 0 Å². The van der Waals surface area contributed by atoms with Crippen molar-refractivity contribution in [2.45, 2.75) is 91.0 Å². The number of halogens is 5. The average molecular weight is 676 g/mol. The fourth-order valence-electron chi connectivity index (χ4n) is 6.46. The van der Waals surface area contributed by atoms with E-state index in [0.29, 0.717) is 54.0 Å². The Morgan fingerprint density at radius 2 is 1.69 bits per heavy atom. The number of aliphatic carboxylic acids is 1. The lowest BCUT2D eigenvalue weighted by Gasteiger charge is -2.34. The lowest BCUT2D eigenvalue weighted by atomic mass is 9.84. The molecule has 1 aliphatic rings. The number of aryl methyl sites for hydroxylation is 3. The van der Waals surface area contributed by atoms with Gasteiger partial charge in [-0.05, 0) is 91.0 Å². The van der Waals surface area contributed by atoms with Gasteiger partial charge < -0.3 is 5.11 Å². The second-order valence-corrected chi connectivity index (χ2v) is 13.3. The molecule has 0 aliphatic carbocycles. The maximum Gasteiger partial charge on any atom is 0.419 e. The molecular formula is C36H42F5N3O4. The monoisotopic (exact) mass is 675 g/mol.